The fourth-order valence-electron chi connectivity index (χ4n) is 2.72. The Bertz CT molecular complexity index is 493. The zero-order chi connectivity index (χ0) is 15.8. The van der Waals surface area contributed by atoms with Gasteiger partial charge in [0.2, 0.25) is 6.79 Å². The Labute approximate surface area is 159 Å². The van der Waals surface area contributed by atoms with Crippen LogP contribution in [0.5, 0.6) is 11.5 Å². The van der Waals surface area contributed by atoms with Crippen LogP contribution in [0.4, 0.5) is 0 Å². The largest absolute Gasteiger partial charge is 0.454 e. The van der Waals surface area contributed by atoms with Crippen LogP contribution in [-0.2, 0) is 17.2 Å². The summed E-state index contributed by atoms with van der Waals surface area (Å²) in [6.45, 7) is 4.61. The number of ether oxygens (including phenoxy) is 2. The van der Waals surface area contributed by atoms with Gasteiger partial charge in [0, 0.05) is 45.5 Å². The minimum Gasteiger partial charge on any atom is -0.454 e. The van der Waals surface area contributed by atoms with E-state index in [-0.39, 0.29) is 28.9 Å². The maximum atomic E-state index is 12.3. The van der Waals surface area contributed by atoms with Gasteiger partial charge in [-0.15, -0.1) is 0 Å². The molecule has 3 nitrogen and oxygen atoms in total. The van der Waals surface area contributed by atoms with E-state index in [4.69, 9.17) is 9.47 Å². The van der Waals surface area contributed by atoms with Crippen LogP contribution < -0.4 is 9.47 Å². The van der Waals surface area contributed by atoms with E-state index < -0.39 is 10.8 Å². The predicted molar refractivity (Wildman–Crippen MR) is 97.9 cm³/mol. The number of fused-ring (bicyclic) bond motifs is 1. The van der Waals surface area contributed by atoms with Crippen LogP contribution >= 0.6 is 0 Å². The van der Waals surface area contributed by atoms with Crippen molar-refractivity contribution in [2.45, 2.75) is 64.0 Å². The molecular weight excluding hydrogens is 424 g/mol. The molecule has 1 aromatic carbocycles. The van der Waals surface area contributed by atoms with E-state index in [0.717, 1.165) is 30.1 Å². The predicted octanol–water partition coefficient (Wildman–Crippen LogP) is 4.07. The van der Waals surface area contributed by atoms with Gasteiger partial charge in [-0.05, 0) is 30.5 Å². The minimum absolute atomic E-state index is 0. The van der Waals surface area contributed by atoms with Gasteiger partial charge >= 0.3 is 0 Å². The summed E-state index contributed by atoms with van der Waals surface area (Å²) < 4.78 is 23.0. The summed E-state index contributed by atoms with van der Waals surface area (Å²) in [5, 5.41) is 0.191. The molecule has 0 saturated carbocycles. The second-order valence-electron chi connectivity index (χ2n) is 6.05. The fraction of sp³-hybridized carbons (Fsp3) is 0.667. The quantitative estimate of drug-likeness (QED) is 0.397. The van der Waals surface area contributed by atoms with E-state index in [9.17, 15) is 4.21 Å². The SMILES string of the molecule is CCCCCCCCS(=O)C(C)Cc1ccc2c(c1)OCO2.[Te]. The van der Waals surface area contributed by atoms with Crippen LogP contribution in [0.1, 0.15) is 57.9 Å². The van der Waals surface area contributed by atoms with E-state index in [1.807, 2.05) is 18.2 Å². The van der Waals surface area contributed by atoms with E-state index in [0.29, 0.717) is 6.79 Å². The van der Waals surface area contributed by atoms with Crippen molar-refractivity contribution in [3.8, 4) is 11.5 Å². The molecule has 1 aliphatic rings. The number of rotatable bonds is 10. The van der Waals surface area contributed by atoms with Gasteiger partial charge in [-0.2, -0.15) is 0 Å². The Balaban J connectivity index is 0.00000264. The summed E-state index contributed by atoms with van der Waals surface area (Å²) >= 11 is 0. The van der Waals surface area contributed by atoms with Crippen LogP contribution in [0.25, 0.3) is 0 Å². The Morgan fingerprint density at radius 1 is 1.09 bits per heavy atom. The average Bonchev–Trinajstić information content (AvgIpc) is 2.98. The Morgan fingerprint density at radius 2 is 1.78 bits per heavy atom. The van der Waals surface area contributed by atoms with Crippen LogP contribution in [-0.4, -0.2) is 45.7 Å². The van der Waals surface area contributed by atoms with Crippen LogP contribution in [0.15, 0.2) is 18.2 Å². The third-order valence-corrected chi connectivity index (χ3v) is 5.86. The minimum atomic E-state index is -0.743. The molecule has 0 aliphatic carbocycles. The first-order valence-corrected chi connectivity index (χ1v) is 9.84. The first-order chi connectivity index (χ1) is 10.7. The zero-order valence-corrected chi connectivity index (χ0v) is 17.4. The van der Waals surface area contributed by atoms with Crippen molar-refractivity contribution in [1.82, 2.24) is 0 Å². The van der Waals surface area contributed by atoms with Crippen molar-refractivity contribution in [2.75, 3.05) is 12.5 Å². The maximum absolute atomic E-state index is 12.3. The smallest absolute Gasteiger partial charge is 0.231 e. The van der Waals surface area contributed by atoms with Gasteiger partial charge < -0.3 is 9.47 Å². The molecule has 0 spiro atoms. The number of hydrogen-bond acceptors (Lipinski definition) is 3. The van der Waals surface area contributed by atoms with E-state index in [2.05, 4.69) is 13.8 Å². The van der Waals surface area contributed by atoms with Crippen molar-refractivity contribution in [3.63, 3.8) is 0 Å². The van der Waals surface area contributed by atoms with Gasteiger partial charge in [-0.25, -0.2) is 0 Å². The molecule has 0 amide bonds. The van der Waals surface area contributed by atoms with E-state index in [1.54, 1.807) is 0 Å². The Kier molecular flexibility index (Phi) is 10.3. The van der Waals surface area contributed by atoms with Crippen molar-refractivity contribution < 1.29 is 13.7 Å². The summed E-state index contributed by atoms with van der Waals surface area (Å²) in [6, 6.07) is 6.01. The molecule has 1 heterocycles. The standard InChI is InChI=1S/C18H28O3S.Te/c1-3-4-5-6-7-8-11-22(19)15(2)12-16-9-10-17-18(13-16)21-14-20-17;/h9-10,13,15H,3-8,11-12,14H2,1-2H3;. The molecule has 0 saturated heterocycles. The van der Waals surface area contributed by atoms with Crippen molar-refractivity contribution >= 4 is 34.5 Å². The monoisotopic (exact) mass is 454 g/mol. The molecule has 5 heteroatoms. The van der Waals surface area contributed by atoms with Crippen LogP contribution in [0.2, 0.25) is 0 Å². The Hall–Kier alpha value is -0.240. The summed E-state index contributed by atoms with van der Waals surface area (Å²) in [6.07, 6.45) is 8.32. The second-order valence-corrected chi connectivity index (χ2v) is 8.03. The third kappa shape index (κ3) is 7.03. The molecule has 1 aliphatic heterocycles. The number of unbranched alkanes of at least 4 members (excludes halogenated alkanes) is 5. The fourth-order valence-corrected chi connectivity index (χ4v) is 3.99. The third-order valence-electron chi connectivity index (χ3n) is 4.11. The van der Waals surface area contributed by atoms with Crippen LogP contribution in [0.3, 0.4) is 0 Å². The zero-order valence-electron chi connectivity index (χ0n) is 14.2. The molecule has 0 fully saturated rings. The van der Waals surface area contributed by atoms with Gasteiger partial charge in [0.25, 0.3) is 0 Å². The normalized spacial score (nSPS) is 15.0. The average molecular weight is 452 g/mol. The van der Waals surface area contributed by atoms with Gasteiger partial charge in [-0.3, -0.25) is 4.21 Å². The molecule has 0 bridgehead atoms. The molecule has 130 valence electrons. The molecule has 2 atom stereocenters. The first kappa shape index (κ1) is 20.8. The second kappa shape index (κ2) is 11.3. The van der Waals surface area contributed by atoms with Crippen molar-refractivity contribution in [3.05, 3.63) is 23.8 Å². The molecular formula is C18H28O3STe. The molecule has 0 aromatic heterocycles. The summed E-state index contributed by atoms with van der Waals surface area (Å²) in [5.41, 5.74) is 1.17. The molecule has 0 N–H and O–H groups in total. The molecule has 23 heavy (non-hydrogen) atoms. The Morgan fingerprint density at radius 3 is 2.57 bits per heavy atom. The maximum Gasteiger partial charge on any atom is 0.231 e. The van der Waals surface area contributed by atoms with E-state index >= 15 is 0 Å². The van der Waals surface area contributed by atoms with E-state index in [1.165, 1.54) is 37.7 Å². The van der Waals surface area contributed by atoms with Gasteiger partial charge in [0.05, 0.1) is 0 Å². The molecule has 2 unspecified atom stereocenters. The first-order valence-electron chi connectivity index (χ1n) is 8.46. The summed E-state index contributed by atoms with van der Waals surface area (Å²) in [7, 11) is -0.743. The van der Waals surface area contributed by atoms with Gasteiger partial charge in [0.1, 0.15) is 0 Å². The van der Waals surface area contributed by atoms with Crippen molar-refractivity contribution in [2.24, 2.45) is 0 Å². The summed E-state index contributed by atoms with van der Waals surface area (Å²) in [4.78, 5) is 0. The molecule has 2 rings (SSSR count). The number of benzene rings is 1. The number of hydrogen-bond donors (Lipinski definition) is 0. The van der Waals surface area contributed by atoms with Crippen LogP contribution in [0, 0.1) is 0 Å². The van der Waals surface area contributed by atoms with Crippen molar-refractivity contribution in [1.29, 1.82) is 0 Å². The molecule has 1 aromatic rings. The van der Waals surface area contributed by atoms with Gasteiger partial charge in [0.15, 0.2) is 11.5 Å². The summed E-state index contributed by atoms with van der Waals surface area (Å²) in [5.74, 6) is 2.45. The molecule has 2 radical (unpaired) electrons. The van der Waals surface area contributed by atoms with Gasteiger partial charge in [-0.1, -0.05) is 52.0 Å². The topological polar surface area (TPSA) is 35.5 Å².